The molecule has 1 saturated heterocycles. The van der Waals surface area contributed by atoms with Crippen LogP contribution in [0.2, 0.25) is 0 Å². The van der Waals surface area contributed by atoms with E-state index in [1.165, 1.54) is 11.1 Å². The fourth-order valence-electron chi connectivity index (χ4n) is 4.29. The van der Waals surface area contributed by atoms with Crippen LogP contribution >= 0.6 is 0 Å². The molecule has 3 atom stereocenters. The molecule has 1 heterocycles. The molecule has 27 heavy (non-hydrogen) atoms. The summed E-state index contributed by atoms with van der Waals surface area (Å²) < 4.78 is 5.90. The Morgan fingerprint density at radius 2 is 2.00 bits per heavy atom. The second-order valence-electron chi connectivity index (χ2n) is 8.17. The van der Waals surface area contributed by atoms with Crippen molar-refractivity contribution in [2.24, 2.45) is 11.7 Å². The topological polar surface area (TPSA) is 58.8 Å². The summed E-state index contributed by atoms with van der Waals surface area (Å²) in [5, 5.41) is 0. The molecule has 0 unspecified atom stereocenters. The first kappa shape index (κ1) is 20.3. The van der Waals surface area contributed by atoms with Crippen molar-refractivity contribution < 1.29 is 9.53 Å². The minimum Gasteiger partial charge on any atom is -0.377 e. The average molecular weight is 374 g/mol. The highest BCUT2D eigenvalue weighted by Crippen LogP contribution is 2.28. The average Bonchev–Trinajstić information content (AvgIpc) is 2.67. The Morgan fingerprint density at radius 3 is 2.70 bits per heavy atom. The van der Waals surface area contributed by atoms with Gasteiger partial charge in [-0.1, -0.05) is 36.8 Å². The second-order valence-corrected chi connectivity index (χ2v) is 8.17. The van der Waals surface area contributed by atoms with Crippen molar-refractivity contribution in [3.05, 3.63) is 35.4 Å². The number of aryl methyl sites for hydroxylation is 1. The van der Waals surface area contributed by atoms with Gasteiger partial charge in [-0.25, -0.2) is 0 Å². The number of amides is 1. The van der Waals surface area contributed by atoms with Gasteiger partial charge in [0.05, 0.1) is 6.10 Å². The maximum Gasteiger partial charge on any atom is 0.225 e. The highest BCUT2D eigenvalue weighted by atomic mass is 16.5. The number of nitrogens with two attached hydrogens (primary N) is 1. The summed E-state index contributed by atoms with van der Waals surface area (Å²) in [4.78, 5) is 17.5. The summed E-state index contributed by atoms with van der Waals surface area (Å²) in [7, 11) is 0. The monoisotopic (exact) mass is 373 g/mol. The first-order chi connectivity index (χ1) is 13.1. The standard InChI is InChI=1S/C22H35N3O2/c1-3-13-27-21-15-19(7-8-20(21)23)22(26)25-11-9-24(10-12-25)16-18-6-4-5-17(2)14-18/h4-6,14,19-21H,3,7-13,15-16,23H2,1-2H3/t19-,20+,21+/m0/s1. The zero-order chi connectivity index (χ0) is 19.2. The maximum absolute atomic E-state index is 13.0. The summed E-state index contributed by atoms with van der Waals surface area (Å²) in [6, 6.07) is 8.76. The first-order valence-electron chi connectivity index (χ1n) is 10.5. The van der Waals surface area contributed by atoms with E-state index in [2.05, 4.69) is 47.9 Å². The lowest BCUT2D eigenvalue weighted by Crippen LogP contribution is -2.52. The van der Waals surface area contributed by atoms with Gasteiger partial charge in [0.1, 0.15) is 0 Å². The molecule has 0 aromatic heterocycles. The number of carbonyl (C=O) groups is 1. The predicted molar refractivity (Wildman–Crippen MR) is 108 cm³/mol. The van der Waals surface area contributed by atoms with E-state index in [1.807, 2.05) is 0 Å². The Hall–Kier alpha value is -1.43. The van der Waals surface area contributed by atoms with Crippen LogP contribution in [0.1, 0.15) is 43.7 Å². The predicted octanol–water partition coefficient (Wildman–Crippen LogP) is 2.56. The molecule has 5 heteroatoms. The lowest BCUT2D eigenvalue weighted by Gasteiger charge is -2.39. The molecule has 3 rings (SSSR count). The SMILES string of the molecule is CCCO[C@@H]1C[C@@H](C(=O)N2CCN(Cc3cccc(C)c3)CC2)CC[C@H]1N. The van der Waals surface area contributed by atoms with E-state index in [0.717, 1.165) is 65.0 Å². The third kappa shape index (κ3) is 5.53. The van der Waals surface area contributed by atoms with Crippen molar-refractivity contribution in [1.82, 2.24) is 9.80 Å². The van der Waals surface area contributed by atoms with Crippen LogP contribution in [0.4, 0.5) is 0 Å². The number of nitrogens with zero attached hydrogens (tertiary/aromatic N) is 2. The van der Waals surface area contributed by atoms with Crippen LogP contribution in [0.3, 0.4) is 0 Å². The van der Waals surface area contributed by atoms with Crippen molar-refractivity contribution >= 4 is 5.91 Å². The van der Waals surface area contributed by atoms with Crippen LogP contribution in [0.25, 0.3) is 0 Å². The third-order valence-electron chi connectivity index (χ3n) is 5.90. The van der Waals surface area contributed by atoms with Crippen LogP contribution < -0.4 is 5.73 Å². The normalized spacial score (nSPS) is 26.9. The van der Waals surface area contributed by atoms with Crippen molar-refractivity contribution in [2.45, 2.75) is 58.2 Å². The second kappa shape index (κ2) is 9.67. The number of piperazine rings is 1. The van der Waals surface area contributed by atoms with Gasteiger partial charge in [-0.3, -0.25) is 9.69 Å². The Bertz CT molecular complexity index is 613. The number of hydrogen-bond donors (Lipinski definition) is 1. The number of hydrogen-bond acceptors (Lipinski definition) is 4. The smallest absolute Gasteiger partial charge is 0.225 e. The fourth-order valence-corrected chi connectivity index (χ4v) is 4.29. The Balaban J connectivity index is 1.48. The van der Waals surface area contributed by atoms with Gasteiger partial charge in [-0.15, -0.1) is 0 Å². The van der Waals surface area contributed by atoms with Gasteiger partial charge in [0.2, 0.25) is 5.91 Å². The lowest BCUT2D eigenvalue weighted by atomic mass is 9.83. The molecule has 0 bridgehead atoms. The fraction of sp³-hybridized carbons (Fsp3) is 0.682. The minimum atomic E-state index is 0.0373. The highest BCUT2D eigenvalue weighted by Gasteiger charge is 2.35. The lowest BCUT2D eigenvalue weighted by molar-refractivity contribution is -0.140. The Kier molecular flexibility index (Phi) is 7.27. The molecule has 1 aliphatic carbocycles. The largest absolute Gasteiger partial charge is 0.377 e. The molecule has 2 aliphatic rings. The van der Waals surface area contributed by atoms with Crippen molar-refractivity contribution in [1.29, 1.82) is 0 Å². The van der Waals surface area contributed by atoms with E-state index in [9.17, 15) is 4.79 Å². The Morgan fingerprint density at radius 1 is 1.22 bits per heavy atom. The molecule has 5 nitrogen and oxygen atoms in total. The molecule has 2 N–H and O–H groups in total. The van der Waals surface area contributed by atoms with Crippen LogP contribution in [0.5, 0.6) is 0 Å². The van der Waals surface area contributed by atoms with Gasteiger partial charge in [-0.05, 0) is 38.2 Å². The van der Waals surface area contributed by atoms with Gasteiger partial charge in [0.15, 0.2) is 0 Å². The molecule has 150 valence electrons. The molecular weight excluding hydrogens is 338 g/mol. The van der Waals surface area contributed by atoms with Crippen LogP contribution in [-0.4, -0.2) is 60.6 Å². The number of ether oxygens (including phenoxy) is 1. The summed E-state index contributed by atoms with van der Waals surface area (Å²) >= 11 is 0. The molecule has 0 radical (unpaired) electrons. The van der Waals surface area contributed by atoms with Crippen LogP contribution in [-0.2, 0) is 16.1 Å². The van der Waals surface area contributed by atoms with E-state index in [4.69, 9.17) is 10.5 Å². The summed E-state index contributed by atoms with van der Waals surface area (Å²) in [6.07, 6.45) is 3.59. The molecule has 1 aliphatic heterocycles. The van der Waals surface area contributed by atoms with Crippen molar-refractivity contribution in [2.75, 3.05) is 32.8 Å². The minimum absolute atomic E-state index is 0.0373. The zero-order valence-corrected chi connectivity index (χ0v) is 16.9. The van der Waals surface area contributed by atoms with Crippen molar-refractivity contribution in [3.63, 3.8) is 0 Å². The van der Waals surface area contributed by atoms with E-state index >= 15 is 0 Å². The van der Waals surface area contributed by atoms with Gasteiger partial charge in [0.25, 0.3) is 0 Å². The molecule has 2 fully saturated rings. The molecule has 1 aromatic rings. The van der Waals surface area contributed by atoms with Crippen LogP contribution in [0, 0.1) is 12.8 Å². The van der Waals surface area contributed by atoms with Gasteiger partial charge < -0.3 is 15.4 Å². The van der Waals surface area contributed by atoms with E-state index in [1.54, 1.807) is 0 Å². The third-order valence-corrected chi connectivity index (χ3v) is 5.90. The highest BCUT2D eigenvalue weighted by molar-refractivity contribution is 5.79. The van der Waals surface area contributed by atoms with E-state index in [0.29, 0.717) is 5.91 Å². The summed E-state index contributed by atoms with van der Waals surface area (Å²) in [5.74, 6) is 0.386. The van der Waals surface area contributed by atoms with Crippen molar-refractivity contribution in [3.8, 4) is 0 Å². The zero-order valence-electron chi connectivity index (χ0n) is 16.9. The van der Waals surface area contributed by atoms with E-state index < -0.39 is 0 Å². The molecule has 0 spiro atoms. The summed E-state index contributed by atoms with van der Waals surface area (Å²) in [5.41, 5.74) is 8.86. The number of carbonyl (C=O) groups excluding carboxylic acids is 1. The van der Waals surface area contributed by atoms with Crippen LogP contribution in [0.15, 0.2) is 24.3 Å². The van der Waals surface area contributed by atoms with E-state index in [-0.39, 0.29) is 18.1 Å². The molecule has 1 aromatic carbocycles. The molecular formula is C22H35N3O2. The van der Waals surface area contributed by atoms with Gasteiger partial charge in [-0.2, -0.15) is 0 Å². The molecule has 1 amide bonds. The Labute approximate surface area is 163 Å². The number of rotatable bonds is 6. The molecule has 1 saturated carbocycles. The quantitative estimate of drug-likeness (QED) is 0.833. The summed E-state index contributed by atoms with van der Waals surface area (Å²) in [6.45, 7) is 9.48. The number of benzene rings is 1. The first-order valence-corrected chi connectivity index (χ1v) is 10.5. The van der Waals surface area contributed by atoms with Gasteiger partial charge in [0, 0.05) is 51.3 Å². The van der Waals surface area contributed by atoms with Gasteiger partial charge >= 0.3 is 0 Å². The maximum atomic E-state index is 13.0.